The molecule has 3 rings (SSSR count). The maximum Gasteiger partial charge on any atom is 0.422 e. The molecule has 0 radical (unpaired) electrons. The molecular weight excluding hydrogens is 443 g/mol. The smallest absolute Gasteiger partial charge is 0.422 e. The van der Waals surface area contributed by atoms with Crippen LogP contribution in [0.3, 0.4) is 0 Å². The second-order valence-corrected chi connectivity index (χ2v) is 7.32. The molecule has 0 unspecified atom stereocenters. The van der Waals surface area contributed by atoms with Crippen molar-refractivity contribution in [3.05, 3.63) is 41.6 Å². The molecule has 1 saturated heterocycles. The van der Waals surface area contributed by atoms with Gasteiger partial charge in [0.25, 0.3) is 5.91 Å². The summed E-state index contributed by atoms with van der Waals surface area (Å²) in [5.74, 6) is 0.918. The third-order valence-electron chi connectivity index (χ3n) is 5.21. The van der Waals surface area contributed by atoms with Gasteiger partial charge in [-0.15, -0.1) is 0 Å². The Kier molecular flexibility index (Phi) is 7.85. The van der Waals surface area contributed by atoms with Crippen LogP contribution in [-0.4, -0.2) is 81.0 Å². The summed E-state index contributed by atoms with van der Waals surface area (Å²) in [5.41, 5.74) is 0.918. The second-order valence-electron chi connectivity index (χ2n) is 7.32. The molecule has 0 bridgehead atoms. The summed E-state index contributed by atoms with van der Waals surface area (Å²) >= 11 is 0. The standard InChI is InChI=1S/C22H26F3N3O5/c1-30-17-7-6-15(18(31-2)19(17)32-3)13-27-9-11-28(12-10-27)21(29)16-5-4-8-26-20(16)33-14-22(23,24)25/h4-8H,9-14H2,1-3H3. The fraction of sp³-hybridized carbons (Fsp3) is 0.455. The number of ether oxygens (including phenoxy) is 4. The number of piperazine rings is 1. The van der Waals surface area contributed by atoms with Crippen molar-refractivity contribution in [3.63, 3.8) is 0 Å². The Bertz CT molecular complexity index is 963. The number of halogens is 3. The number of nitrogens with zero attached hydrogens (tertiary/aromatic N) is 3. The topological polar surface area (TPSA) is 73.4 Å². The van der Waals surface area contributed by atoms with E-state index >= 15 is 0 Å². The van der Waals surface area contributed by atoms with Crippen molar-refractivity contribution in [2.24, 2.45) is 0 Å². The van der Waals surface area contributed by atoms with E-state index in [1.807, 2.05) is 6.07 Å². The number of carbonyl (C=O) groups excluding carboxylic acids is 1. The molecule has 1 aliphatic rings. The predicted molar refractivity (Wildman–Crippen MR) is 113 cm³/mol. The molecular formula is C22H26F3N3O5. The van der Waals surface area contributed by atoms with Crippen LogP contribution in [0.25, 0.3) is 0 Å². The van der Waals surface area contributed by atoms with Crippen LogP contribution in [0, 0.1) is 0 Å². The monoisotopic (exact) mass is 469 g/mol. The second kappa shape index (κ2) is 10.6. The molecule has 2 aromatic rings. The number of pyridine rings is 1. The Morgan fingerprint density at radius 1 is 1.00 bits per heavy atom. The van der Waals surface area contributed by atoms with Crippen LogP contribution in [0.15, 0.2) is 30.5 Å². The molecule has 0 N–H and O–H groups in total. The lowest BCUT2D eigenvalue weighted by molar-refractivity contribution is -0.154. The maximum absolute atomic E-state index is 12.9. The highest BCUT2D eigenvalue weighted by molar-refractivity contribution is 5.96. The summed E-state index contributed by atoms with van der Waals surface area (Å²) in [6.07, 6.45) is -3.23. The van der Waals surface area contributed by atoms with Gasteiger partial charge in [-0.05, 0) is 18.2 Å². The van der Waals surface area contributed by atoms with Crippen LogP contribution in [0.4, 0.5) is 13.2 Å². The Balaban J connectivity index is 1.65. The number of carbonyl (C=O) groups is 1. The summed E-state index contributed by atoms with van der Waals surface area (Å²) in [6.45, 7) is 1.01. The Hall–Kier alpha value is -3.21. The van der Waals surface area contributed by atoms with E-state index in [0.29, 0.717) is 50.0 Å². The Morgan fingerprint density at radius 2 is 1.70 bits per heavy atom. The van der Waals surface area contributed by atoms with Crippen LogP contribution in [0.5, 0.6) is 23.1 Å². The van der Waals surface area contributed by atoms with E-state index in [9.17, 15) is 18.0 Å². The van der Waals surface area contributed by atoms with Gasteiger partial charge < -0.3 is 23.8 Å². The van der Waals surface area contributed by atoms with Crippen LogP contribution in [0.1, 0.15) is 15.9 Å². The highest BCUT2D eigenvalue weighted by Gasteiger charge is 2.31. The van der Waals surface area contributed by atoms with Crippen LogP contribution in [-0.2, 0) is 6.54 Å². The highest BCUT2D eigenvalue weighted by Crippen LogP contribution is 2.40. The van der Waals surface area contributed by atoms with Crippen molar-refractivity contribution in [1.29, 1.82) is 0 Å². The normalized spacial score (nSPS) is 14.7. The molecule has 0 atom stereocenters. The van der Waals surface area contributed by atoms with E-state index in [-0.39, 0.29) is 11.4 Å². The Morgan fingerprint density at radius 3 is 2.30 bits per heavy atom. The number of amides is 1. The first-order valence-corrected chi connectivity index (χ1v) is 10.2. The van der Waals surface area contributed by atoms with Gasteiger partial charge in [0, 0.05) is 44.5 Å². The first-order chi connectivity index (χ1) is 15.8. The third-order valence-corrected chi connectivity index (χ3v) is 5.21. The molecule has 1 aromatic carbocycles. The summed E-state index contributed by atoms with van der Waals surface area (Å²) in [7, 11) is 4.65. The average Bonchev–Trinajstić information content (AvgIpc) is 2.82. The lowest BCUT2D eigenvalue weighted by atomic mass is 10.1. The number of hydrogen-bond acceptors (Lipinski definition) is 7. The van der Waals surface area contributed by atoms with Gasteiger partial charge in [0.2, 0.25) is 11.6 Å². The van der Waals surface area contributed by atoms with Crippen molar-refractivity contribution in [3.8, 4) is 23.1 Å². The van der Waals surface area contributed by atoms with Crippen LogP contribution in [0.2, 0.25) is 0 Å². The van der Waals surface area contributed by atoms with Crippen LogP contribution >= 0.6 is 0 Å². The molecule has 1 fully saturated rings. The zero-order chi connectivity index (χ0) is 24.0. The number of alkyl halides is 3. The van der Waals surface area contributed by atoms with Crippen molar-refractivity contribution < 1.29 is 36.9 Å². The molecule has 1 aliphatic heterocycles. The van der Waals surface area contributed by atoms with Gasteiger partial charge in [-0.1, -0.05) is 6.07 Å². The number of methoxy groups -OCH3 is 3. The predicted octanol–water partition coefficient (Wildman–Crippen LogP) is 3.01. The first kappa shape index (κ1) is 24.4. The zero-order valence-electron chi connectivity index (χ0n) is 18.6. The third kappa shape index (κ3) is 5.98. The molecule has 33 heavy (non-hydrogen) atoms. The molecule has 0 aliphatic carbocycles. The fourth-order valence-corrected chi connectivity index (χ4v) is 3.63. The van der Waals surface area contributed by atoms with Gasteiger partial charge in [-0.3, -0.25) is 9.69 Å². The van der Waals surface area contributed by atoms with Gasteiger partial charge >= 0.3 is 6.18 Å². The van der Waals surface area contributed by atoms with Gasteiger partial charge in [0.05, 0.1) is 21.3 Å². The number of hydrogen-bond donors (Lipinski definition) is 0. The molecule has 0 spiro atoms. The summed E-state index contributed by atoms with van der Waals surface area (Å²) in [6, 6.07) is 6.62. The molecule has 8 nitrogen and oxygen atoms in total. The van der Waals surface area contributed by atoms with Crippen molar-refractivity contribution in [2.75, 3.05) is 54.1 Å². The minimum Gasteiger partial charge on any atom is -0.493 e. The van der Waals surface area contributed by atoms with Gasteiger partial charge in [-0.2, -0.15) is 13.2 Å². The fourth-order valence-electron chi connectivity index (χ4n) is 3.63. The zero-order valence-corrected chi connectivity index (χ0v) is 18.6. The van der Waals surface area contributed by atoms with E-state index in [1.54, 1.807) is 32.3 Å². The highest BCUT2D eigenvalue weighted by atomic mass is 19.4. The number of aromatic nitrogens is 1. The van der Waals surface area contributed by atoms with E-state index in [2.05, 4.69) is 9.88 Å². The maximum atomic E-state index is 12.9. The van der Waals surface area contributed by atoms with Crippen LogP contribution < -0.4 is 18.9 Å². The lowest BCUT2D eigenvalue weighted by Crippen LogP contribution is -2.48. The van der Waals surface area contributed by atoms with Gasteiger partial charge in [0.15, 0.2) is 18.1 Å². The van der Waals surface area contributed by atoms with E-state index in [0.717, 1.165) is 5.56 Å². The summed E-state index contributed by atoms with van der Waals surface area (Å²) in [5, 5.41) is 0. The molecule has 1 amide bonds. The minimum atomic E-state index is -4.52. The summed E-state index contributed by atoms with van der Waals surface area (Å²) < 4.78 is 58.6. The molecule has 2 heterocycles. The summed E-state index contributed by atoms with van der Waals surface area (Å²) in [4.78, 5) is 20.5. The number of rotatable bonds is 8. The van der Waals surface area contributed by atoms with Crippen molar-refractivity contribution in [2.45, 2.75) is 12.7 Å². The lowest BCUT2D eigenvalue weighted by Gasteiger charge is -2.35. The average molecular weight is 469 g/mol. The minimum absolute atomic E-state index is 0.0109. The van der Waals surface area contributed by atoms with Gasteiger partial charge in [0.1, 0.15) is 5.56 Å². The van der Waals surface area contributed by atoms with E-state index < -0.39 is 18.7 Å². The molecule has 1 aromatic heterocycles. The largest absolute Gasteiger partial charge is 0.493 e. The Labute approximate surface area is 189 Å². The molecule has 0 saturated carbocycles. The SMILES string of the molecule is COc1ccc(CN2CCN(C(=O)c3cccnc3OCC(F)(F)F)CC2)c(OC)c1OC. The van der Waals surface area contributed by atoms with E-state index in [1.165, 1.54) is 18.3 Å². The molecule has 180 valence electrons. The quantitative estimate of drug-likeness (QED) is 0.589. The van der Waals surface area contributed by atoms with Crippen molar-refractivity contribution >= 4 is 5.91 Å². The van der Waals surface area contributed by atoms with Crippen molar-refractivity contribution in [1.82, 2.24) is 14.8 Å². The number of benzene rings is 1. The van der Waals surface area contributed by atoms with Gasteiger partial charge in [-0.25, -0.2) is 4.98 Å². The first-order valence-electron chi connectivity index (χ1n) is 10.2. The van der Waals surface area contributed by atoms with E-state index in [4.69, 9.17) is 18.9 Å². The molecule has 11 heteroatoms.